The SMILES string of the molecule is Cc1cc(Cl)ccc1OC1CCN(C[C@H](C)CNC(=O)c2c[nH]c(=O)c3ccc(S(C)=O)cc23)CC1. The molecule has 0 saturated carbocycles. The number of amides is 1. The molecule has 0 bridgehead atoms. The van der Waals surface area contributed by atoms with Crippen molar-refractivity contribution in [1.82, 2.24) is 15.2 Å². The number of aromatic nitrogens is 1. The average molecular weight is 530 g/mol. The third-order valence-electron chi connectivity index (χ3n) is 6.60. The lowest BCUT2D eigenvalue weighted by atomic mass is 10.0. The number of ether oxygens (including phenoxy) is 1. The summed E-state index contributed by atoms with van der Waals surface area (Å²) in [5, 5.41) is 4.63. The van der Waals surface area contributed by atoms with E-state index in [9.17, 15) is 13.8 Å². The minimum atomic E-state index is -1.21. The van der Waals surface area contributed by atoms with Crippen molar-refractivity contribution in [2.75, 3.05) is 32.4 Å². The molecule has 36 heavy (non-hydrogen) atoms. The average Bonchev–Trinajstić information content (AvgIpc) is 2.85. The Morgan fingerprint density at radius 3 is 2.67 bits per heavy atom. The van der Waals surface area contributed by atoms with E-state index in [2.05, 4.69) is 22.1 Å². The first-order valence-electron chi connectivity index (χ1n) is 12.1. The van der Waals surface area contributed by atoms with Gasteiger partial charge in [-0.15, -0.1) is 0 Å². The number of nitrogens with zero attached hydrogens (tertiary/aromatic N) is 1. The van der Waals surface area contributed by atoms with Crippen LogP contribution in [0.25, 0.3) is 10.8 Å². The number of carbonyl (C=O) groups is 1. The van der Waals surface area contributed by atoms with E-state index in [1.54, 1.807) is 24.5 Å². The summed E-state index contributed by atoms with van der Waals surface area (Å²) in [4.78, 5) is 30.8. The molecule has 1 aromatic heterocycles. The Balaban J connectivity index is 1.29. The molecule has 0 spiro atoms. The molecule has 1 saturated heterocycles. The lowest BCUT2D eigenvalue weighted by Gasteiger charge is -2.34. The molecule has 1 fully saturated rings. The number of likely N-dealkylation sites (tertiary alicyclic amines) is 1. The van der Waals surface area contributed by atoms with Crippen LogP contribution in [0.3, 0.4) is 0 Å². The number of rotatable bonds is 8. The molecule has 4 rings (SSSR count). The van der Waals surface area contributed by atoms with Crippen molar-refractivity contribution in [2.45, 2.75) is 37.7 Å². The second kappa shape index (κ2) is 11.6. The number of pyridine rings is 1. The number of halogens is 1. The maximum absolute atomic E-state index is 13.0. The van der Waals surface area contributed by atoms with Gasteiger partial charge >= 0.3 is 0 Å². The van der Waals surface area contributed by atoms with Crippen LogP contribution in [0.1, 0.15) is 35.7 Å². The van der Waals surface area contributed by atoms with Gasteiger partial charge < -0.3 is 19.9 Å². The van der Waals surface area contributed by atoms with Crippen LogP contribution >= 0.6 is 11.6 Å². The monoisotopic (exact) mass is 529 g/mol. The van der Waals surface area contributed by atoms with Crippen LogP contribution in [-0.2, 0) is 10.8 Å². The number of nitrogens with one attached hydrogen (secondary N) is 2. The van der Waals surface area contributed by atoms with Gasteiger partial charge in [-0.05, 0) is 67.6 Å². The van der Waals surface area contributed by atoms with Gasteiger partial charge in [0, 0.05) is 70.1 Å². The molecular formula is C27H32ClN3O4S. The number of aryl methyl sites for hydroxylation is 1. The number of fused-ring (bicyclic) bond motifs is 1. The van der Waals surface area contributed by atoms with Crippen LogP contribution in [0, 0.1) is 12.8 Å². The zero-order chi connectivity index (χ0) is 25.8. The van der Waals surface area contributed by atoms with E-state index in [1.165, 1.54) is 6.20 Å². The van der Waals surface area contributed by atoms with Crippen LogP contribution in [0.15, 0.2) is 52.3 Å². The molecule has 2 N–H and O–H groups in total. The van der Waals surface area contributed by atoms with E-state index in [-0.39, 0.29) is 23.5 Å². The maximum atomic E-state index is 13.0. The van der Waals surface area contributed by atoms with Gasteiger partial charge in [0.2, 0.25) is 0 Å². The Kier molecular flexibility index (Phi) is 8.49. The predicted molar refractivity (Wildman–Crippen MR) is 145 cm³/mol. The third-order valence-corrected chi connectivity index (χ3v) is 7.75. The molecule has 7 nitrogen and oxygen atoms in total. The highest BCUT2D eigenvalue weighted by Crippen LogP contribution is 2.25. The minimum absolute atomic E-state index is 0.187. The fraction of sp³-hybridized carbons (Fsp3) is 0.407. The highest BCUT2D eigenvalue weighted by molar-refractivity contribution is 7.84. The van der Waals surface area contributed by atoms with Crippen LogP contribution < -0.4 is 15.6 Å². The van der Waals surface area contributed by atoms with Gasteiger partial charge in [0.05, 0.1) is 5.56 Å². The van der Waals surface area contributed by atoms with Crippen LogP contribution in [0.5, 0.6) is 5.75 Å². The van der Waals surface area contributed by atoms with Gasteiger partial charge in [-0.2, -0.15) is 0 Å². The smallest absolute Gasteiger partial charge is 0.255 e. The Labute approximate surface area is 218 Å². The van der Waals surface area contributed by atoms with Crippen LogP contribution in [-0.4, -0.2) is 58.5 Å². The van der Waals surface area contributed by atoms with Crippen LogP contribution in [0.2, 0.25) is 5.02 Å². The Bertz CT molecular complexity index is 1330. The number of aromatic amines is 1. The summed E-state index contributed by atoms with van der Waals surface area (Å²) in [5.41, 5.74) is 1.14. The highest BCUT2D eigenvalue weighted by atomic mass is 35.5. The molecule has 0 radical (unpaired) electrons. The summed E-state index contributed by atoms with van der Waals surface area (Å²) in [6.07, 6.45) is 5.09. The normalized spacial score (nSPS) is 16.6. The molecule has 192 valence electrons. The summed E-state index contributed by atoms with van der Waals surface area (Å²) in [7, 11) is -1.21. The zero-order valence-electron chi connectivity index (χ0n) is 20.8. The van der Waals surface area contributed by atoms with Crippen molar-refractivity contribution in [2.24, 2.45) is 5.92 Å². The number of benzene rings is 2. The molecule has 2 heterocycles. The van der Waals surface area contributed by atoms with E-state index in [0.29, 0.717) is 32.8 Å². The summed E-state index contributed by atoms with van der Waals surface area (Å²) in [5.74, 6) is 0.881. The molecule has 1 unspecified atom stereocenters. The molecule has 3 aromatic rings. The lowest BCUT2D eigenvalue weighted by Crippen LogP contribution is -2.42. The maximum Gasteiger partial charge on any atom is 0.255 e. The number of hydrogen-bond donors (Lipinski definition) is 2. The van der Waals surface area contributed by atoms with E-state index in [0.717, 1.165) is 43.8 Å². The van der Waals surface area contributed by atoms with Crippen molar-refractivity contribution in [3.05, 3.63) is 69.1 Å². The number of hydrogen-bond acceptors (Lipinski definition) is 5. The zero-order valence-corrected chi connectivity index (χ0v) is 22.4. The number of H-pyrrole nitrogens is 1. The van der Waals surface area contributed by atoms with E-state index in [4.69, 9.17) is 16.3 Å². The molecule has 1 aliphatic rings. The molecule has 2 atom stereocenters. The largest absolute Gasteiger partial charge is 0.490 e. The Morgan fingerprint density at radius 1 is 1.22 bits per heavy atom. The summed E-state index contributed by atoms with van der Waals surface area (Å²) < 4.78 is 18.1. The topological polar surface area (TPSA) is 91.5 Å². The van der Waals surface area contributed by atoms with Gasteiger partial charge in [0.1, 0.15) is 11.9 Å². The van der Waals surface area contributed by atoms with Crippen molar-refractivity contribution in [3.8, 4) is 5.75 Å². The highest BCUT2D eigenvalue weighted by Gasteiger charge is 2.23. The fourth-order valence-electron chi connectivity index (χ4n) is 4.61. The van der Waals surface area contributed by atoms with Crippen molar-refractivity contribution >= 4 is 39.1 Å². The van der Waals surface area contributed by atoms with Gasteiger partial charge in [0.15, 0.2) is 0 Å². The summed E-state index contributed by atoms with van der Waals surface area (Å²) in [6, 6.07) is 10.6. The van der Waals surface area contributed by atoms with E-state index >= 15 is 0 Å². The molecule has 2 aromatic carbocycles. The number of piperidine rings is 1. The molecular weight excluding hydrogens is 498 g/mol. The molecule has 9 heteroatoms. The van der Waals surface area contributed by atoms with Gasteiger partial charge in [0.25, 0.3) is 11.5 Å². The first-order valence-corrected chi connectivity index (χ1v) is 14.1. The molecule has 1 amide bonds. The first-order chi connectivity index (χ1) is 17.2. The standard InChI is InChI=1S/C27H32ClN3O4S/c1-17(16-31-10-8-20(9-11-31)35-25-7-4-19(28)12-18(25)2)14-29-27(33)24-15-30-26(32)22-6-5-21(36(3)34)13-23(22)24/h4-7,12-13,15,17,20H,8-11,14,16H2,1-3H3,(H,29,33)(H,30,32)/t17-,36?/m1/s1. The third kappa shape index (κ3) is 6.35. The van der Waals surface area contributed by atoms with Crippen molar-refractivity contribution in [3.63, 3.8) is 0 Å². The number of carbonyl (C=O) groups excluding carboxylic acids is 1. The Morgan fingerprint density at radius 2 is 1.97 bits per heavy atom. The molecule has 1 aliphatic heterocycles. The molecule has 0 aliphatic carbocycles. The summed E-state index contributed by atoms with van der Waals surface area (Å²) in [6.45, 7) is 7.39. The second-order valence-corrected chi connectivity index (χ2v) is 11.4. The van der Waals surface area contributed by atoms with Crippen LogP contribution in [0.4, 0.5) is 0 Å². The minimum Gasteiger partial charge on any atom is -0.490 e. The lowest BCUT2D eigenvalue weighted by molar-refractivity contribution is 0.0883. The fourth-order valence-corrected chi connectivity index (χ4v) is 5.38. The second-order valence-electron chi connectivity index (χ2n) is 9.54. The van der Waals surface area contributed by atoms with Gasteiger partial charge in [-0.3, -0.25) is 13.8 Å². The van der Waals surface area contributed by atoms with Crippen molar-refractivity contribution in [1.29, 1.82) is 0 Å². The van der Waals surface area contributed by atoms with Gasteiger partial charge in [-0.1, -0.05) is 18.5 Å². The van der Waals surface area contributed by atoms with Crippen molar-refractivity contribution < 1.29 is 13.7 Å². The summed E-state index contributed by atoms with van der Waals surface area (Å²) >= 11 is 6.04. The predicted octanol–water partition coefficient (Wildman–Crippen LogP) is 4.14. The van der Waals surface area contributed by atoms with Gasteiger partial charge in [-0.25, -0.2) is 0 Å². The quantitative estimate of drug-likeness (QED) is 0.457. The van der Waals surface area contributed by atoms with E-state index < -0.39 is 10.8 Å². The van der Waals surface area contributed by atoms with E-state index in [1.807, 2.05) is 25.1 Å². The first kappa shape index (κ1) is 26.4. The Hall–Kier alpha value is -2.68.